The Morgan fingerprint density at radius 1 is 1.11 bits per heavy atom. The predicted octanol–water partition coefficient (Wildman–Crippen LogP) is 3.94. The minimum atomic E-state index is -0.742. The second-order valence-electron chi connectivity index (χ2n) is 4.44. The minimum absolute atomic E-state index is 0.553. The van der Waals surface area contributed by atoms with Crippen LogP contribution >= 0.6 is 0 Å². The van der Waals surface area contributed by atoms with Gasteiger partial charge in [-0.1, -0.05) is 48.0 Å². The van der Waals surface area contributed by atoms with E-state index in [1.54, 1.807) is 0 Å². The lowest BCUT2D eigenvalue weighted by atomic mass is 9.96. The van der Waals surface area contributed by atoms with Gasteiger partial charge in [0.2, 0.25) is 0 Å². The van der Waals surface area contributed by atoms with Gasteiger partial charge in [-0.2, -0.15) is 0 Å². The number of benzene rings is 2. The third-order valence-corrected chi connectivity index (χ3v) is 3.00. The molecular formula is C16H15NO. The molecule has 0 heterocycles. The third-order valence-electron chi connectivity index (χ3n) is 3.00. The molecule has 0 aliphatic rings. The van der Waals surface area contributed by atoms with E-state index in [2.05, 4.69) is 4.85 Å². The highest BCUT2D eigenvalue weighted by molar-refractivity contribution is 5.61. The molecule has 0 radical (unpaired) electrons. The van der Waals surface area contributed by atoms with Crippen LogP contribution in [-0.2, 0) is 0 Å². The smallest absolute Gasteiger partial charge is 0.196 e. The molecule has 1 atom stereocenters. The zero-order valence-corrected chi connectivity index (χ0v) is 10.5. The highest BCUT2D eigenvalue weighted by Gasteiger charge is 2.16. The van der Waals surface area contributed by atoms with Crippen molar-refractivity contribution in [3.63, 3.8) is 0 Å². The van der Waals surface area contributed by atoms with Crippen LogP contribution in [0.15, 0.2) is 42.5 Å². The first-order chi connectivity index (χ1) is 8.63. The van der Waals surface area contributed by atoms with Crippen LogP contribution in [0.3, 0.4) is 0 Å². The monoisotopic (exact) mass is 237 g/mol. The number of aliphatic hydroxyl groups excluding tert-OH is 1. The Bertz CT molecular complexity index is 596. The molecule has 2 rings (SSSR count). The first-order valence-electron chi connectivity index (χ1n) is 5.85. The van der Waals surface area contributed by atoms with Crippen LogP contribution in [0.1, 0.15) is 28.4 Å². The summed E-state index contributed by atoms with van der Waals surface area (Å²) in [5, 5.41) is 10.4. The SMILES string of the molecule is [C-]#[N+]c1c(C)cc(C)cc1C(O)c1ccccc1. The highest BCUT2D eigenvalue weighted by atomic mass is 16.3. The zero-order chi connectivity index (χ0) is 13.1. The standard InChI is InChI=1S/C16H15NO/c1-11-9-12(2)15(17-3)14(10-11)16(18)13-7-5-4-6-8-13/h4-10,16,18H,1-2H3. The van der Waals surface area contributed by atoms with E-state index in [9.17, 15) is 5.11 Å². The van der Waals surface area contributed by atoms with E-state index >= 15 is 0 Å². The van der Waals surface area contributed by atoms with Crippen molar-refractivity contribution in [2.45, 2.75) is 20.0 Å². The van der Waals surface area contributed by atoms with Crippen molar-refractivity contribution in [1.29, 1.82) is 0 Å². The van der Waals surface area contributed by atoms with Gasteiger partial charge >= 0.3 is 0 Å². The summed E-state index contributed by atoms with van der Waals surface area (Å²) in [4.78, 5) is 3.55. The first kappa shape index (κ1) is 12.3. The van der Waals surface area contributed by atoms with Crippen molar-refractivity contribution in [3.8, 4) is 0 Å². The normalized spacial score (nSPS) is 11.9. The van der Waals surface area contributed by atoms with Gasteiger partial charge in [-0.3, -0.25) is 0 Å². The zero-order valence-electron chi connectivity index (χ0n) is 10.5. The lowest BCUT2D eigenvalue weighted by Gasteiger charge is -2.15. The summed E-state index contributed by atoms with van der Waals surface area (Å²) in [5.41, 5.74) is 4.03. The fourth-order valence-corrected chi connectivity index (χ4v) is 2.17. The van der Waals surface area contributed by atoms with E-state index in [0.29, 0.717) is 11.3 Å². The molecule has 0 aliphatic carbocycles. The number of hydrogen-bond acceptors (Lipinski definition) is 1. The summed E-state index contributed by atoms with van der Waals surface area (Å²) in [6, 6.07) is 13.3. The first-order valence-corrected chi connectivity index (χ1v) is 5.85. The van der Waals surface area contributed by atoms with Gasteiger partial charge in [0.1, 0.15) is 0 Å². The average Bonchev–Trinajstić information content (AvgIpc) is 2.38. The van der Waals surface area contributed by atoms with Crippen molar-refractivity contribution in [3.05, 3.63) is 76.1 Å². The minimum Gasteiger partial charge on any atom is -0.385 e. The summed E-state index contributed by atoms with van der Waals surface area (Å²) >= 11 is 0. The number of aliphatic hydroxyl groups is 1. The third kappa shape index (κ3) is 2.27. The Labute approximate surface area is 107 Å². The van der Waals surface area contributed by atoms with Crippen molar-refractivity contribution in [2.24, 2.45) is 0 Å². The predicted molar refractivity (Wildman–Crippen MR) is 72.7 cm³/mol. The molecule has 1 unspecified atom stereocenters. The maximum atomic E-state index is 10.4. The Balaban J connectivity index is 2.55. The molecule has 0 fully saturated rings. The van der Waals surface area contributed by atoms with Gasteiger partial charge in [-0.25, -0.2) is 4.85 Å². The summed E-state index contributed by atoms with van der Waals surface area (Å²) < 4.78 is 0. The van der Waals surface area contributed by atoms with Gasteiger partial charge in [-0.05, 0) is 30.5 Å². The summed E-state index contributed by atoms with van der Waals surface area (Å²) in [6.07, 6.45) is -0.742. The van der Waals surface area contributed by atoms with E-state index in [-0.39, 0.29) is 0 Å². The summed E-state index contributed by atoms with van der Waals surface area (Å²) in [5.74, 6) is 0. The molecule has 90 valence electrons. The fourth-order valence-electron chi connectivity index (χ4n) is 2.17. The maximum Gasteiger partial charge on any atom is 0.196 e. The van der Waals surface area contributed by atoms with Crippen LogP contribution in [-0.4, -0.2) is 5.11 Å². The lowest BCUT2D eigenvalue weighted by Crippen LogP contribution is -2.01. The van der Waals surface area contributed by atoms with Crippen molar-refractivity contribution < 1.29 is 5.11 Å². The molecule has 18 heavy (non-hydrogen) atoms. The van der Waals surface area contributed by atoms with Crippen molar-refractivity contribution >= 4 is 5.69 Å². The van der Waals surface area contributed by atoms with E-state index < -0.39 is 6.10 Å². The average molecular weight is 237 g/mol. The number of hydrogen-bond donors (Lipinski definition) is 1. The van der Waals surface area contributed by atoms with Crippen LogP contribution < -0.4 is 0 Å². The molecule has 0 aromatic heterocycles. The van der Waals surface area contributed by atoms with Gasteiger partial charge in [-0.15, -0.1) is 0 Å². The second-order valence-corrected chi connectivity index (χ2v) is 4.44. The van der Waals surface area contributed by atoms with Crippen LogP contribution in [0.2, 0.25) is 0 Å². The van der Waals surface area contributed by atoms with Gasteiger partial charge in [0.25, 0.3) is 0 Å². The summed E-state index contributed by atoms with van der Waals surface area (Å²) in [6.45, 7) is 11.1. The Kier molecular flexibility index (Phi) is 3.45. The Hall–Kier alpha value is -2.11. The topological polar surface area (TPSA) is 24.6 Å². The second kappa shape index (κ2) is 5.03. The fraction of sp³-hybridized carbons (Fsp3) is 0.188. The Morgan fingerprint density at radius 2 is 1.78 bits per heavy atom. The molecular weight excluding hydrogens is 222 g/mol. The van der Waals surface area contributed by atoms with Crippen LogP contribution in [0.25, 0.3) is 4.85 Å². The van der Waals surface area contributed by atoms with E-state index in [0.717, 1.165) is 16.7 Å². The van der Waals surface area contributed by atoms with Crippen LogP contribution in [0.4, 0.5) is 5.69 Å². The molecule has 1 N–H and O–H groups in total. The van der Waals surface area contributed by atoms with Crippen LogP contribution in [0, 0.1) is 20.4 Å². The number of nitrogens with zero attached hydrogens (tertiary/aromatic N) is 1. The Morgan fingerprint density at radius 3 is 2.39 bits per heavy atom. The summed E-state index contributed by atoms with van der Waals surface area (Å²) in [7, 11) is 0. The molecule has 0 spiro atoms. The maximum absolute atomic E-state index is 10.4. The van der Waals surface area contributed by atoms with Crippen molar-refractivity contribution in [2.75, 3.05) is 0 Å². The van der Waals surface area contributed by atoms with Crippen LogP contribution in [0.5, 0.6) is 0 Å². The van der Waals surface area contributed by atoms with E-state index in [4.69, 9.17) is 6.57 Å². The lowest BCUT2D eigenvalue weighted by molar-refractivity contribution is 0.221. The molecule has 0 bridgehead atoms. The number of rotatable bonds is 2. The number of aryl methyl sites for hydroxylation is 2. The van der Waals surface area contributed by atoms with E-state index in [1.807, 2.05) is 56.3 Å². The van der Waals surface area contributed by atoms with Gasteiger partial charge in [0.15, 0.2) is 5.69 Å². The van der Waals surface area contributed by atoms with Gasteiger partial charge in [0.05, 0.1) is 12.7 Å². The molecule has 2 aromatic carbocycles. The molecule has 2 aromatic rings. The molecule has 0 saturated heterocycles. The van der Waals surface area contributed by atoms with Gasteiger partial charge in [0, 0.05) is 0 Å². The molecule has 0 aliphatic heterocycles. The van der Waals surface area contributed by atoms with Crippen molar-refractivity contribution in [1.82, 2.24) is 0 Å². The van der Waals surface area contributed by atoms with E-state index in [1.165, 1.54) is 0 Å². The largest absolute Gasteiger partial charge is 0.385 e. The molecule has 2 nitrogen and oxygen atoms in total. The highest BCUT2D eigenvalue weighted by Crippen LogP contribution is 2.33. The quantitative estimate of drug-likeness (QED) is 0.786. The molecule has 2 heteroatoms. The molecule has 0 amide bonds. The van der Waals surface area contributed by atoms with Gasteiger partial charge < -0.3 is 5.11 Å². The molecule has 0 saturated carbocycles.